The fourth-order valence-electron chi connectivity index (χ4n) is 2.64. The van der Waals surface area contributed by atoms with Gasteiger partial charge in [0.05, 0.1) is 5.39 Å². The third-order valence-corrected chi connectivity index (χ3v) is 5.14. The third kappa shape index (κ3) is 3.68. The summed E-state index contributed by atoms with van der Waals surface area (Å²) in [6, 6.07) is 11.4. The monoisotopic (exact) mass is 597 g/mol. The van der Waals surface area contributed by atoms with Crippen LogP contribution in [0.5, 0.6) is 0 Å². The maximum absolute atomic E-state index is 12.7. The lowest BCUT2D eigenvalue weighted by Gasteiger charge is -2.21. The number of hydrogen-bond acceptors (Lipinski definition) is 3. The molecule has 0 unspecified atom stereocenters. The first-order chi connectivity index (χ1) is 11.1. The average molecular weight is 598 g/mol. The molecule has 1 aromatic heterocycles. The van der Waals surface area contributed by atoms with Gasteiger partial charge < -0.3 is 9.32 Å². The van der Waals surface area contributed by atoms with Gasteiger partial charge in [0.15, 0.2) is 11.3 Å². The number of anilines is 1. The van der Waals surface area contributed by atoms with Crippen LogP contribution in [0.3, 0.4) is 0 Å². The van der Waals surface area contributed by atoms with Gasteiger partial charge in [-0.05, 0) is 29.0 Å². The van der Waals surface area contributed by atoms with Gasteiger partial charge in [-0.15, -0.1) is 0 Å². The molecule has 0 aliphatic carbocycles. The van der Waals surface area contributed by atoms with Crippen molar-refractivity contribution in [1.82, 2.24) is 0 Å². The lowest BCUT2D eigenvalue weighted by Crippen LogP contribution is -2.28. The third-order valence-electron chi connectivity index (χ3n) is 3.68. The van der Waals surface area contributed by atoms with Gasteiger partial charge in [-0.25, -0.2) is 0 Å². The van der Waals surface area contributed by atoms with E-state index in [9.17, 15) is 4.79 Å². The summed E-state index contributed by atoms with van der Waals surface area (Å²) < 4.78 is 9.03. The maximum Gasteiger partial charge on any atom is 0.200 e. The molecule has 0 saturated heterocycles. The molecule has 0 saturated carbocycles. The van der Waals surface area contributed by atoms with Crippen molar-refractivity contribution < 1.29 is 4.42 Å². The van der Waals surface area contributed by atoms with Crippen LogP contribution in [0, 0.1) is 0 Å². The molecule has 0 fully saturated rings. The minimum atomic E-state index is 0.0149. The van der Waals surface area contributed by atoms with Crippen molar-refractivity contribution in [2.75, 3.05) is 26.8 Å². The molecule has 0 aliphatic heterocycles. The first-order valence-corrected chi connectivity index (χ1v) is 11.0. The largest absolute Gasteiger partial charge is 0.440 e. The van der Waals surface area contributed by atoms with Crippen molar-refractivity contribution in [2.45, 2.75) is 0 Å². The normalized spacial score (nSPS) is 11.3. The van der Waals surface area contributed by atoms with Gasteiger partial charge >= 0.3 is 0 Å². The van der Waals surface area contributed by atoms with E-state index in [-0.39, 0.29) is 5.43 Å². The Hall–Kier alpha value is -0.350. The minimum absolute atomic E-state index is 0.0149. The van der Waals surface area contributed by atoms with E-state index in [2.05, 4.69) is 66.0 Å². The SMILES string of the molecule is O=c1cc(N(CCI)CCI)oc2ccc3cc(Br)ccc3c12. The van der Waals surface area contributed by atoms with Crippen LogP contribution >= 0.6 is 61.1 Å². The maximum atomic E-state index is 12.7. The summed E-state index contributed by atoms with van der Waals surface area (Å²) in [5.74, 6) is 0.660. The van der Waals surface area contributed by atoms with Crippen LogP contribution < -0.4 is 10.3 Å². The van der Waals surface area contributed by atoms with E-state index in [0.29, 0.717) is 16.9 Å². The summed E-state index contributed by atoms with van der Waals surface area (Å²) in [4.78, 5) is 14.8. The van der Waals surface area contributed by atoms with Crippen LogP contribution in [-0.4, -0.2) is 21.9 Å². The van der Waals surface area contributed by atoms with E-state index in [0.717, 1.165) is 37.2 Å². The molecule has 0 atom stereocenters. The fraction of sp³-hybridized carbons (Fsp3) is 0.235. The van der Waals surface area contributed by atoms with Gasteiger partial charge in [0, 0.05) is 32.5 Å². The number of halogens is 3. The van der Waals surface area contributed by atoms with Gasteiger partial charge in [0.1, 0.15) is 5.58 Å². The van der Waals surface area contributed by atoms with Gasteiger partial charge in [-0.1, -0.05) is 73.2 Å². The van der Waals surface area contributed by atoms with Crippen LogP contribution in [0.25, 0.3) is 21.7 Å². The molecule has 0 aliphatic rings. The van der Waals surface area contributed by atoms with E-state index in [1.807, 2.05) is 30.3 Å². The molecule has 0 radical (unpaired) electrons. The molecule has 120 valence electrons. The average Bonchev–Trinajstić information content (AvgIpc) is 2.54. The highest BCUT2D eigenvalue weighted by atomic mass is 127. The molecular weight excluding hydrogens is 584 g/mol. The topological polar surface area (TPSA) is 33.5 Å². The van der Waals surface area contributed by atoms with Crippen LogP contribution in [0.2, 0.25) is 0 Å². The van der Waals surface area contributed by atoms with Gasteiger partial charge in [-0.3, -0.25) is 4.79 Å². The molecule has 0 N–H and O–H groups in total. The van der Waals surface area contributed by atoms with Crippen molar-refractivity contribution in [3.8, 4) is 0 Å². The summed E-state index contributed by atoms with van der Waals surface area (Å²) in [5.41, 5.74) is 0.662. The summed E-state index contributed by atoms with van der Waals surface area (Å²) in [5, 5.41) is 2.62. The van der Waals surface area contributed by atoms with Crippen molar-refractivity contribution >= 4 is 88.7 Å². The Morgan fingerprint density at radius 2 is 1.78 bits per heavy atom. The van der Waals surface area contributed by atoms with E-state index in [1.165, 1.54) is 0 Å². The molecule has 1 heterocycles. The Balaban J connectivity index is 2.21. The van der Waals surface area contributed by atoms with Crippen LogP contribution in [-0.2, 0) is 0 Å². The highest BCUT2D eigenvalue weighted by Crippen LogP contribution is 2.28. The fourth-order valence-corrected chi connectivity index (χ4v) is 4.18. The molecule has 2 aromatic carbocycles. The molecule has 23 heavy (non-hydrogen) atoms. The Morgan fingerprint density at radius 3 is 2.48 bits per heavy atom. The smallest absolute Gasteiger partial charge is 0.200 e. The number of alkyl halides is 2. The number of benzene rings is 2. The van der Waals surface area contributed by atoms with Crippen LogP contribution in [0.1, 0.15) is 0 Å². The molecule has 3 aromatic rings. The predicted octanol–water partition coefficient (Wildman–Crippen LogP) is 5.39. The quantitative estimate of drug-likeness (QED) is 0.225. The second kappa shape index (κ2) is 7.69. The zero-order chi connectivity index (χ0) is 16.4. The summed E-state index contributed by atoms with van der Waals surface area (Å²) in [6.45, 7) is 1.75. The molecule has 0 amide bonds. The Morgan fingerprint density at radius 1 is 1.04 bits per heavy atom. The van der Waals surface area contributed by atoms with Crippen molar-refractivity contribution in [1.29, 1.82) is 0 Å². The van der Waals surface area contributed by atoms with Gasteiger partial charge in [0.2, 0.25) is 0 Å². The zero-order valence-electron chi connectivity index (χ0n) is 12.2. The van der Waals surface area contributed by atoms with Gasteiger partial charge in [0.25, 0.3) is 0 Å². The molecule has 3 rings (SSSR count). The second-order valence-electron chi connectivity index (χ2n) is 5.12. The molecule has 0 bridgehead atoms. The van der Waals surface area contributed by atoms with Crippen molar-refractivity contribution in [3.05, 3.63) is 51.1 Å². The highest BCUT2D eigenvalue weighted by Gasteiger charge is 2.13. The molecular formula is C17H14BrI2NO2. The van der Waals surface area contributed by atoms with Crippen LogP contribution in [0.4, 0.5) is 5.88 Å². The van der Waals surface area contributed by atoms with Crippen molar-refractivity contribution in [3.63, 3.8) is 0 Å². The molecule has 3 nitrogen and oxygen atoms in total. The lowest BCUT2D eigenvalue weighted by atomic mass is 10.1. The lowest BCUT2D eigenvalue weighted by molar-refractivity contribution is 0.581. The van der Waals surface area contributed by atoms with Gasteiger partial charge in [-0.2, -0.15) is 0 Å². The van der Waals surface area contributed by atoms with Crippen molar-refractivity contribution in [2.24, 2.45) is 0 Å². The van der Waals surface area contributed by atoms with E-state index >= 15 is 0 Å². The first kappa shape index (κ1) is 17.5. The van der Waals surface area contributed by atoms with E-state index < -0.39 is 0 Å². The van der Waals surface area contributed by atoms with E-state index in [1.54, 1.807) is 6.07 Å². The summed E-state index contributed by atoms with van der Waals surface area (Å²) in [7, 11) is 0. The Kier molecular flexibility index (Phi) is 5.84. The number of nitrogens with zero attached hydrogens (tertiary/aromatic N) is 1. The predicted molar refractivity (Wildman–Crippen MR) is 118 cm³/mol. The summed E-state index contributed by atoms with van der Waals surface area (Å²) >= 11 is 8.15. The number of fused-ring (bicyclic) bond motifs is 3. The van der Waals surface area contributed by atoms with E-state index in [4.69, 9.17) is 4.42 Å². The molecule has 0 spiro atoms. The highest BCUT2D eigenvalue weighted by molar-refractivity contribution is 14.1. The first-order valence-electron chi connectivity index (χ1n) is 7.17. The Bertz CT molecular complexity index is 904. The van der Waals surface area contributed by atoms with Crippen LogP contribution in [0.15, 0.2) is 50.1 Å². The molecule has 6 heteroatoms. The summed E-state index contributed by atoms with van der Waals surface area (Å²) in [6.07, 6.45) is 0. The number of hydrogen-bond donors (Lipinski definition) is 0. The number of rotatable bonds is 5. The second-order valence-corrected chi connectivity index (χ2v) is 8.19. The standard InChI is InChI=1S/C17H14BrI2NO2/c18-12-2-3-13-11(9-12)1-4-15-17(13)14(22)10-16(23-15)21(7-5-19)8-6-20/h1-4,9-10H,5-8H2. The Labute approximate surface area is 169 Å². The minimum Gasteiger partial charge on any atom is -0.440 e. The zero-order valence-corrected chi connectivity index (χ0v) is 18.1.